The summed E-state index contributed by atoms with van der Waals surface area (Å²) in [4.78, 5) is 27.0. The van der Waals surface area contributed by atoms with Crippen molar-refractivity contribution < 1.29 is 19.8 Å². The molecule has 0 radical (unpaired) electrons. The van der Waals surface area contributed by atoms with Crippen LogP contribution in [0.5, 0.6) is 0 Å². The van der Waals surface area contributed by atoms with Gasteiger partial charge < -0.3 is 15.3 Å². The van der Waals surface area contributed by atoms with Crippen molar-refractivity contribution in [3.8, 4) is 0 Å². The first kappa shape index (κ1) is 13.0. The summed E-state index contributed by atoms with van der Waals surface area (Å²) in [5.74, 6) is 0. The third-order valence-electron chi connectivity index (χ3n) is 0.469. The zero-order valence-electron chi connectivity index (χ0n) is 6.76. The molecule has 0 amide bonds. The zero-order chi connectivity index (χ0) is 9.98. The second-order valence-corrected chi connectivity index (χ2v) is 1.28. The fourth-order valence-electron chi connectivity index (χ4n) is 0.248. The van der Waals surface area contributed by atoms with Gasteiger partial charge in [-0.2, -0.15) is 9.68 Å². The van der Waals surface area contributed by atoms with E-state index in [1.165, 1.54) is 0 Å². The quantitative estimate of drug-likeness (QED) is 0.461. The molecule has 0 rings (SSSR count). The van der Waals surface area contributed by atoms with Crippen LogP contribution in [0.1, 0.15) is 13.8 Å². The van der Waals surface area contributed by atoms with Crippen molar-refractivity contribution in [1.82, 2.24) is 0 Å². The Bertz CT molecular complexity index is 126. The van der Waals surface area contributed by atoms with Crippen molar-refractivity contribution in [3.63, 3.8) is 0 Å². The van der Waals surface area contributed by atoms with Gasteiger partial charge in [-0.05, 0) is 13.8 Å². The first-order valence-corrected chi connectivity index (χ1v) is 3.09. The fourth-order valence-corrected chi connectivity index (χ4v) is 0.248. The Labute approximate surface area is 68.3 Å². The van der Waals surface area contributed by atoms with Gasteiger partial charge in [0, 0.05) is 0 Å². The average molecular weight is 182 g/mol. The molecule has 0 aliphatic carbocycles. The van der Waals surface area contributed by atoms with Crippen LogP contribution in [0.15, 0.2) is 0 Å². The third kappa shape index (κ3) is 23.8. The first-order chi connectivity index (χ1) is 5.54. The van der Waals surface area contributed by atoms with Gasteiger partial charge >= 0.3 is 5.09 Å². The SMILES string of the molecule is CCO[N+](=O)OCC.O=[N+]([O-])[O-]. The van der Waals surface area contributed by atoms with Crippen molar-refractivity contribution in [2.75, 3.05) is 13.2 Å². The van der Waals surface area contributed by atoms with Crippen LogP contribution in [0.3, 0.4) is 0 Å². The van der Waals surface area contributed by atoms with Gasteiger partial charge in [-0.15, -0.1) is 0 Å². The molecule has 0 fully saturated rings. The summed E-state index contributed by atoms with van der Waals surface area (Å²) in [6.07, 6.45) is 0. The van der Waals surface area contributed by atoms with Crippen LogP contribution in [0, 0.1) is 20.2 Å². The Balaban J connectivity index is 0. The Morgan fingerprint density at radius 1 is 1.08 bits per heavy atom. The maximum atomic E-state index is 10.1. The second kappa shape index (κ2) is 9.40. The predicted molar refractivity (Wildman–Crippen MR) is 37.2 cm³/mol. The number of rotatable bonds is 4. The van der Waals surface area contributed by atoms with E-state index in [-0.39, 0.29) is 5.09 Å². The second-order valence-electron chi connectivity index (χ2n) is 1.28. The molecular formula is C4H10N2O6. The molecular weight excluding hydrogens is 172 g/mol. The Hall–Kier alpha value is -1.60. The highest BCUT2D eigenvalue weighted by Crippen LogP contribution is 1.77. The van der Waals surface area contributed by atoms with E-state index in [9.17, 15) is 4.91 Å². The Morgan fingerprint density at radius 3 is 1.50 bits per heavy atom. The van der Waals surface area contributed by atoms with E-state index in [0.29, 0.717) is 13.2 Å². The van der Waals surface area contributed by atoms with Gasteiger partial charge in [0.05, 0.1) is 5.09 Å². The Morgan fingerprint density at radius 2 is 1.33 bits per heavy atom. The Kier molecular flexibility index (Phi) is 10.2. The van der Waals surface area contributed by atoms with E-state index < -0.39 is 5.09 Å². The van der Waals surface area contributed by atoms with E-state index in [1.807, 2.05) is 0 Å². The van der Waals surface area contributed by atoms with Crippen molar-refractivity contribution in [3.05, 3.63) is 20.2 Å². The highest BCUT2D eigenvalue weighted by molar-refractivity contribution is 4.03. The monoisotopic (exact) mass is 182 g/mol. The number of nitrogens with zero attached hydrogens (tertiary/aromatic N) is 2. The van der Waals surface area contributed by atoms with Crippen molar-refractivity contribution in [2.24, 2.45) is 0 Å². The molecule has 8 heteroatoms. The fraction of sp³-hybridized carbons (Fsp3) is 1.00. The van der Waals surface area contributed by atoms with Gasteiger partial charge in [-0.25, -0.2) is 0 Å². The lowest BCUT2D eigenvalue weighted by Crippen LogP contribution is -2.09. The molecule has 0 spiro atoms. The van der Waals surface area contributed by atoms with Crippen LogP contribution in [0.25, 0.3) is 0 Å². The van der Waals surface area contributed by atoms with Gasteiger partial charge in [0.25, 0.3) is 0 Å². The molecule has 0 aromatic heterocycles. The highest BCUT2D eigenvalue weighted by Gasteiger charge is 2.05. The van der Waals surface area contributed by atoms with Crippen molar-refractivity contribution in [2.45, 2.75) is 13.8 Å². The summed E-state index contributed by atoms with van der Waals surface area (Å²) in [6.45, 7) is 4.10. The molecule has 0 unspecified atom stereocenters. The van der Waals surface area contributed by atoms with Crippen LogP contribution >= 0.6 is 0 Å². The van der Waals surface area contributed by atoms with Crippen LogP contribution in [-0.2, 0) is 9.68 Å². The van der Waals surface area contributed by atoms with Gasteiger partial charge in [0.2, 0.25) is 0 Å². The van der Waals surface area contributed by atoms with Gasteiger partial charge in [-0.3, -0.25) is 0 Å². The number of hydrogen-bond acceptors (Lipinski definition) is 6. The molecule has 0 N–H and O–H groups in total. The summed E-state index contributed by atoms with van der Waals surface area (Å²) in [6, 6.07) is 0. The number of hydrogen-bond donors (Lipinski definition) is 0. The molecule has 8 nitrogen and oxygen atoms in total. The van der Waals surface area contributed by atoms with E-state index >= 15 is 0 Å². The summed E-state index contributed by atoms with van der Waals surface area (Å²) >= 11 is 0. The lowest BCUT2D eigenvalue weighted by atomic mass is 10.9. The van der Waals surface area contributed by atoms with E-state index in [2.05, 4.69) is 9.68 Å². The molecule has 0 saturated heterocycles. The minimum atomic E-state index is -1.75. The topological polar surface area (TPSA) is 105 Å². The summed E-state index contributed by atoms with van der Waals surface area (Å²) in [5, 5.41) is 14.9. The zero-order valence-corrected chi connectivity index (χ0v) is 6.76. The molecule has 72 valence electrons. The molecule has 0 saturated carbocycles. The maximum absolute atomic E-state index is 10.1. The standard InChI is InChI=1S/C4H10NO3.NO3/c1-3-7-5(6)8-4-2;2-1(3)4/h3-4H2,1-2H3;/q+1;-1. The summed E-state index contributed by atoms with van der Waals surface area (Å²) in [7, 11) is 0. The minimum Gasteiger partial charge on any atom is -0.356 e. The van der Waals surface area contributed by atoms with Gasteiger partial charge in [0.1, 0.15) is 4.91 Å². The van der Waals surface area contributed by atoms with Crippen molar-refractivity contribution >= 4 is 0 Å². The lowest BCUT2D eigenvalue weighted by Gasteiger charge is -1.84. The smallest absolute Gasteiger partial charge is 0.356 e. The highest BCUT2D eigenvalue weighted by atomic mass is 17.0. The molecule has 0 aromatic carbocycles. The van der Waals surface area contributed by atoms with Gasteiger partial charge in [0.15, 0.2) is 13.2 Å². The summed E-state index contributed by atoms with van der Waals surface area (Å²) in [5.41, 5.74) is 0. The maximum Gasteiger partial charge on any atom is 0.477 e. The molecule has 0 bridgehead atoms. The lowest BCUT2D eigenvalue weighted by molar-refractivity contribution is -0.980. The molecule has 0 heterocycles. The minimum absolute atomic E-state index is 0.111. The molecule has 0 atom stereocenters. The van der Waals surface area contributed by atoms with Crippen LogP contribution < -0.4 is 0 Å². The van der Waals surface area contributed by atoms with Crippen molar-refractivity contribution in [1.29, 1.82) is 0 Å². The predicted octanol–water partition coefficient (Wildman–Crippen LogP) is 0.429. The first-order valence-electron chi connectivity index (χ1n) is 3.09. The molecule has 0 aliphatic heterocycles. The van der Waals surface area contributed by atoms with E-state index in [1.54, 1.807) is 13.8 Å². The normalized spacial score (nSPS) is 7.50. The van der Waals surface area contributed by atoms with E-state index in [0.717, 1.165) is 0 Å². The van der Waals surface area contributed by atoms with Crippen LogP contribution in [0.4, 0.5) is 0 Å². The van der Waals surface area contributed by atoms with Crippen LogP contribution in [0.2, 0.25) is 0 Å². The third-order valence-corrected chi connectivity index (χ3v) is 0.469. The average Bonchev–Trinajstić information content (AvgIpc) is 1.87. The van der Waals surface area contributed by atoms with Crippen LogP contribution in [-0.4, -0.2) is 23.4 Å². The molecule has 0 aliphatic rings. The summed E-state index contributed by atoms with van der Waals surface area (Å²) < 4.78 is 0. The largest absolute Gasteiger partial charge is 0.477 e. The van der Waals surface area contributed by atoms with E-state index in [4.69, 9.17) is 15.3 Å². The molecule has 0 aromatic rings. The van der Waals surface area contributed by atoms with Gasteiger partial charge in [-0.1, -0.05) is 0 Å². The molecule has 12 heavy (non-hydrogen) atoms.